The quantitative estimate of drug-likeness (QED) is 0.350. The summed E-state index contributed by atoms with van der Waals surface area (Å²) in [5.74, 6) is -0.958. The second kappa shape index (κ2) is 13.7. The van der Waals surface area contributed by atoms with Gasteiger partial charge in [0, 0.05) is 43.0 Å². The number of hydrogen-bond donors (Lipinski definition) is 2. The summed E-state index contributed by atoms with van der Waals surface area (Å²) in [5, 5.41) is 6.12. The van der Waals surface area contributed by atoms with Crippen LogP contribution in [-0.4, -0.2) is 58.7 Å². The van der Waals surface area contributed by atoms with Crippen molar-refractivity contribution in [2.45, 2.75) is 82.5 Å². The Labute approximate surface area is 253 Å². The highest BCUT2D eigenvalue weighted by molar-refractivity contribution is 6.30. The molecule has 1 saturated carbocycles. The van der Waals surface area contributed by atoms with Gasteiger partial charge in [-0.1, -0.05) is 85.5 Å². The van der Waals surface area contributed by atoms with Gasteiger partial charge in [0.15, 0.2) is 0 Å². The van der Waals surface area contributed by atoms with E-state index in [4.69, 9.17) is 17.3 Å². The zero-order valence-corrected chi connectivity index (χ0v) is 25.1. The van der Waals surface area contributed by atoms with Crippen LogP contribution in [0, 0.1) is 0 Å². The summed E-state index contributed by atoms with van der Waals surface area (Å²) in [4.78, 5) is 44.7. The summed E-state index contributed by atoms with van der Waals surface area (Å²) in [6, 6.07) is 19.5. The van der Waals surface area contributed by atoms with Crippen molar-refractivity contribution in [2.75, 3.05) is 13.1 Å². The van der Waals surface area contributed by atoms with Crippen LogP contribution < -0.4 is 11.1 Å². The van der Waals surface area contributed by atoms with Crippen molar-refractivity contribution in [2.24, 2.45) is 5.73 Å². The van der Waals surface area contributed by atoms with Crippen LogP contribution in [0.1, 0.15) is 69.0 Å². The third-order valence-corrected chi connectivity index (χ3v) is 9.12. The molecule has 3 N–H and O–H groups in total. The average molecular weight is 589 g/mol. The van der Waals surface area contributed by atoms with Crippen molar-refractivity contribution >= 4 is 40.1 Å². The maximum Gasteiger partial charge on any atom is 0.250 e. The molecule has 0 aromatic heterocycles. The minimum absolute atomic E-state index is 0.0873. The van der Waals surface area contributed by atoms with Gasteiger partial charge in [0.1, 0.15) is 12.1 Å². The zero-order valence-electron chi connectivity index (χ0n) is 24.3. The fourth-order valence-corrected chi connectivity index (χ4v) is 6.85. The smallest absolute Gasteiger partial charge is 0.250 e. The zero-order chi connectivity index (χ0) is 29.6. The van der Waals surface area contributed by atoms with Crippen LogP contribution in [0.5, 0.6) is 0 Å². The van der Waals surface area contributed by atoms with Crippen molar-refractivity contribution in [3.8, 4) is 0 Å². The maximum absolute atomic E-state index is 14.5. The molecule has 2 aliphatic rings. The fraction of sp³-hybridized carbons (Fsp3) is 0.441. The predicted molar refractivity (Wildman–Crippen MR) is 167 cm³/mol. The number of nitrogens with two attached hydrogens (primary N) is 1. The van der Waals surface area contributed by atoms with E-state index in [1.54, 1.807) is 28.0 Å². The number of halogens is 1. The van der Waals surface area contributed by atoms with Gasteiger partial charge >= 0.3 is 0 Å². The molecule has 3 atom stereocenters. The summed E-state index contributed by atoms with van der Waals surface area (Å²) in [6.45, 7) is 2.86. The lowest BCUT2D eigenvalue weighted by molar-refractivity contribution is -0.148. The largest absolute Gasteiger partial charge is 0.368 e. The molecule has 7 nitrogen and oxygen atoms in total. The van der Waals surface area contributed by atoms with E-state index in [2.05, 4.69) is 5.32 Å². The van der Waals surface area contributed by atoms with Crippen LogP contribution in [0.2, 0.25) is 5.02 Å². The molecule has 1 aliphatic heterocycles. The van der Waals surface area contributed by atoms with Gasteiger partial charge < -0.3 is 20.9 Å². The van der Waals surface area contributed by atoms with Crippen molar-refractivity contribution in [3.63, 3.8) is 0 Å². The number of fused-ring (bicyclic) bond motifs is 1. The van der Waals surface area contributed by atoms with E-state index >= 15 is 0 Å². The lowest BCUT2D eigenvalue weighted by atomic mass is 9.95. The Morgan fingerprint density at radius 3 is 2.50 bits per heavy atom. The first-order valence-electron chi connectivity index (χ1n) is 15.2. The standard InChI is InChI=1S/C34H41ClN4O3/c1-23-18-20-38(30(33(36)41)22-25-11-7-10-24-9-5-6-16-29(24)25)34(42)32(26-12-8-13-27(35)21-26)39(23)31(40)17-19-37-28-14-3-2-4-15-28/h5-13,16,21,23,28,30,32,37H,2-4,14-15,17-20,22H2,1H3,(H2,36,41). The molecule has 222 valence electrons. The van der Waals surface area contributed by atoms with E-state index in [-0.39, 0.29) is 17.9 Å². The number of nitrogens with one attached hydrogen (secondary N) is 1. The first kappa shape index (κ1) is 30.1. The molecule has 3 aromatic rings. The van der Waals surface area contributed by atoms with Crippen LogP contribution in [0.25, 0.3) is 10.8 Å². The molecule has 42 heavy (non-hydrogen) atoms. The van der Waals surface area contributed by atoms with E-state index in [1.807, 2.05) is 55.5 Å². The minimum atomic E-state index is -0.905. The van der Waals surface area contributed by atoms with E-state index in [9.17, 15) is 14.4 Å². The predicted octanol–water partition coefficient (Wildman–Crippen LogP) is 5.39. The third kappa shape index (κ3) is 6.79. The number of benzene rings is 3. The Hall–Kier alpha value is -3.42. The molecule has 0 radical (unpaired) electrons. The summed E-state index contributed by atoms with van der Waals surface area (Å²) in [5.41, 5.74) is 7.58. The Morgan fingerprint density at radius 1 is 1.00 bits per heavy atom. The summed E-state index contributed by atoms with van der Waals surface area (Å²) >= 11 is 6.39. The normalized spacial score (nSPS) is 20.9. The van der Waals surface area contributed by atoms with Crippen LogP contribution in [0.4, 0.5) is 0 Å². The Bertz CT molecular complexity index is 1420. The molecule has 5 rings (SSSR count). The molecule has 1 saturated heterocycles. The molecule has 0 bridgehead atoms. The van der Waals surface area contributed by atoms with E-state index in [0.29, 0.717) is 49.0 Å². The number of hydrogen-bond acceptors (Lipinski definition) is 4. The van der Waals surface area contributed by atoms with Gasteiger partial charge in [-0.2, -0.15) is 0 Å². The SMILES string of the molecule is CC1CCN(C(Cc2cccc3ccccc23)C(N)=O)C(=O)C(c2cccc(Cl)c2)N1C(=O)CCNC1CCCCC1. The molecular weight excluding hydrogens is 548 g/mol. The van der Waals surface area contributed by atoms with Crippen LogP contribution in [0.3, 0.4) is 0 Å². The first-order chi connectivity index (χ1) is 20.3. The first-order valence-corrected chi connectivity index (χ1v) is 15.6. The lowest BCUT2D eigenvalue weighted by Gasteiger charge is -2.36. The average Bonchev–Trinajstić information content (AvgIpc) is 3.11. The van der Waals surface area contributed by atoms with Gasteiger partial charge in [-0.25, -0.2) is 0 Å². The second-order valence-electron chi connectivity index (χ2n) is 11.7. The van der Waals surface area contributed by atoms with E-state index < -0.39 is 18.0 Å². The van der Waals surface area contributed by atoms with Gasteiger partial charge in [0.2, 0.25) is 11.8 Å². The number of carbonyl (C=O) groups is 3. The van der Waals surface area contributed by atoms with Crippen molar-refractivity contribution in [1.82, 2.24) is 15.1 Å². The molecule has 1 heterocycles. The number of nitrogens with zero attached hydrogens (tertiary/aromatic N) is 2. The van der Waals surface area contributed by atoms with Gasteiger partial charge in [-0.3, -0.25) is 14.4 Å². The monoisotopic (exact) mass is 588 g/mol. The van der Waals surface area contributed by atoms with Crippen molar-refractivity contribution in [3.05, 3.63) is 82.9 Å². The molecule has 3 amide bonds. The Kier molecular flexibility index (Phi) is 9.80. The molecule has 0 spiro atoms. The molecule has 8 heteroatoms. The van der Waals surface area contributed by atoms with Gasteiger partial charge in [-0.15, -0.1) is 0 Å². The highest BCUT2D eigenvalue weighted by Crippen LogP contribution is 2.33. The van der Waals surface area contributed by atoms with Crippen molar-refractivity contribution in [1.29, 1.82) is 0 Å². The van der Waals surface area contributed by atoms with Crippen LogP contribution in [-0.2, 0) is 20.8 Å². The minimum Gasteiger partial charge on any atom is -0.368 e. The van der Waals surface area contributed by atoms with Gasteiger partial charge in [0.05, 0.1) is 0 Å². The second-order valence-corrected chi connectivity index (χ2v) is 12.2. The maximum atomic E-state index is 14.5. The molecule has 3 aromatic carbocycles. The highest BCUT2D eigenvalue weighted by Gasteiger charge is 2.43. The summed E-state index contributed by atoms with van der Waals surface area (Å²) < 4.78 is 0. The van der Waals surface area contributed by atoms with E-state index in [0.717, 1.165) is 29.2 Å². The molecular formula is C34H41ClN4O3. The molecule has 1 aliphatic carbocycles. The summed E-state index contributed by atoms with van der Waals surface area (Å²) in [6.07, 6.45) is 7.10. The Morgan fingerprint density at radius 2 is 1.74 bits per heavy atom. The number of carbonyl (C=O) groups excluding carboxylic acids is 3. The van der Waals surface area contributed by atoms with Crippen LogP contribution >= 0.6 is 11.6 Å². The Balaban J connectivity index is 1.44. The number of primary amides is 1. The molecule has 3 unspecified atom stereocenters. The number of amides is 3. The fourth-order valence-electron chi connectivity index (χ4n) is 6.65. The lowest BCUT2D eigenvalue weighted by Crippen LogP contribution is -2.52. The highest BCUT2D eigenvalue weighted by atomic mass is 35.5. The van der Waals surface area contributed by atoms with Crippen molar-refractivity contribution < 1.29 is 14.4 Å². The van der Waals surface area contributed by atoms with Crippen LogP contribution in [0.15, 0.2) is 66.7 Å². The number of rotatable bonds is 9. The molecule has 2 fully saturated rings. The van der Waals surface area contributed by atoms with Gasteiger partial charge in [0.25, 0.3) is 5.91 Å². The summed E-state index contributed by atoms with van der Waals surface area (Å²) in [7, 11) is 0. The van der Waals surface area contributed by atoms with Gasteiger partial charge in [-0.05, 0) is 60.2 Å². The third-order valence-electron chi connectivity index (χ3n) is 8.89. The van der Waals surface area contributed by atoms with E-state index in [1.165, 1.54) is 19.3 Å². The topological polar surface area (TPSA) is 95.7 Å².